The third-order valence-electron chi connectivity index (χ3n) is 5.24. The Kier molecular flexibility index (Phi) is 5.20. The van der Waals surface area contributed by atoms with Crippen LogP contribution in [0.3, 0.4) is 0 Å². The third kappa shape index (κ3) is 4.06. The van der Waals surface area contributed by atoms with E-state index >= 15 is 0 Å². The van der Waals surface area contributed by atoms with Crippen LogP contribution in [0.25, 0.3) is 0 Å². The van der Waals surface area contributed by atoms with E-state index in [1.54, 1.807) is 11.3 Å². The number of thiophene rings is 1. The lowest BCUT2D eigenvalue weighted by Gasteiger charge is -2.22. The number of aromatic nitrogens is 2. The van der Waals surface area contributed by atoms with Crippen molar-refractivity contribution in [3.8, 4) is 0 Å². The lowest BCUT2D eigenvalue weighted by Crippen LogP contribution is -2.41. The highest BCUT2D eigenvalue weighted by Gasteiger charge is 2.32. The topological polar surface area (TPSA) is 58.1 Å². The molecule has 0 atom stereocenters. The van der Waals surface area contributed by atoms with E-state index in [-0.39, 0.29) is 6.03 Å². The first-order chi connectivity index (χ1) is 12.7. The Morgan fingerprint density at radius 1 is 1.31 bits per heavy atom. The van der Waals surface area contributed by atoms with Crippen LogP contribution in [0.2, 0.25) is 0 Å². The maximum atomic E-state index is 12.6. The van der Waals surface area contributed by atoms with Gasteiger partial charge in [-0.2, -0.15) is 11.3 Å². The maximum Gasteiger partial charge on any atom is 0.317 e. The van der Waals surface area contributed by atoms with E-state index in [1.165, 1.54) is 29.7 Å². The van der Waals surface area contributed by atoms with E-state index in [9.17, 15) is 4.79 Å². The van der Waals surface area contributed by atoms with Crippen molar-refractivity contribution in [2.45, 2.75) is 64.5 Å². The van der Waals surface area contributed by atoms with Gasteiger partial charge in [0, 0.05) is 36.9 Å². The molecule has 1 fully saturated rings. The van der Waals surface area contributed by atoms with Crippen LogP contribution in [0.1, 0.15) is 54.0 Å². The monoisotopic (exact) mass is 370 g/mol. The summed E-state index contributed by atoms with van der Waals surface area (Å²) >= 11 is 1.68. The van der Waals surface area contributed by atoms with Gasteiger partial charge in [-0.15, -0.1) is 0 Å². The van der Waals surface area contributed by atoms with Crippen molar-refractivity contribution in [3.05, 3.63) is 45.2 Å². The largest absolute Gasteiger partial charge is 0.338 e. The molecule has 2 aromatic heterocycles. The molecule has 4 rings (SSSR count). The van der Waals surface area contributed by atoms with Crippen molar-refractivity contribution in [1.82, 2.24) is 20.2 Å². The van der Waals surface area contributed by atoms with Gasteiger partial charge in [0.05, 0.1) is 0 Å². The smallest absolute Gasteiger partial charge is 0.317 e. The molecule has 0 aromatic carbocycles. The molecule has 2 aliphatic rings. The van der Waals surface area contributed by atoms with Gasteiger partial charge in [-0.05, 0) is 73.4 Å². The van der Waals surface area contributed by atoms with Gasteiger partial charge in [0.2, 0.25) is 0 Å². The Balaban J connectivity index is 1.33. The van der Waals surface area contributed by atoms with E-state index in [0.717, 1.165) is 37.2 Å². The first-order valence-electron chi connectivity index (χ1n) is 9.61. The second kappa shape index (κ2) is 7.74. The van der Waals surface area contributed by atoms with E-state index in [1.807, 2.05) is 4.90 Å². The minimum atomic E-state index is 0.0355. The highest BCUT2D eigenvalue weighted by atomic mass is 32.1. The van der Waals surface area contributed by atoms with Gasteiger partial charge in [-0.3, -0.25) is 0 Å². The molecule has 1 saturated carbocycles. The van der Waals surface area contributed by atoms with Crippen molar-refractivity contribution in [3.63, 3.8) is 0 Å². The fourth-order valence-electron chi connectivity index (χ4n) is 3.67. The van der Waals surface area contributed by atoms with Crippen molar-refractivity contribution >= 4 is 17.4 Å². The summed E-state index contributed by atoms with van der Waals surface area (Å²) in [6, 6.07) is 2.53. The summed E-state index contributed by atoms with van der Waals surface area (Å²) < 4.78 is 0. The van der Waals surface area contributed by atoms with Crippen molar-refractivity contribution < 1.29 is 4.79 Å². The lowest BCUT2D eigenvalue weighted by molar-refractivity contribution is 0.192. The number of amides is 2. The number of hydrogen-bond donors (Lipinski definition) is 1. The maximum absolute atomic E-state index is 12.6. The van der Waals surface area contributed by atoms with Crippen LogP contribution < -0.4 is 5.32 Å². The number of urea groups is 1. The molecular weight excluding hydrogens is 344 g/mol. The number of fused-ring (bicyclic) bond motifs is 1. The van der Waals surface area contributed by atoms with Gasteiger partial charge in [0.15, 0.2) is 0 Å². The molecule has 0 aliphatic heterocycles. The molecule has 1 N–H and O–H groups in total. The average molecular weight is 371 g/mol. The molecule has 5 nitrogen and oxygen atoms in total. The van der Waals surface area contributed by atoms with Crippen molar-refractivity contribution in [1.29, 1.82) is 0 Å². The van der Waals surface area contributed by atoms with Crippen molar-refractivity contribution in [2.24, 2.45) is 0 Å². The van der Waals surface area contributed by atoms with Gasteiger partial charge in [-0.25, -0.2) is 14.8 Å². The van der Waals surface area contributed by atoms with Crippen LogP contribution >= 0.6 is 11.3 Å². The molecule has 0 radical (unpaired) electrons. The van der Waals surface area contributed by atoms with E-state index in [4.69, 9.17) is 4.98 Å². The minimum Gasteiger partial charge on any atom is -0.338 e. The second-order valence-corrected chi connectivity index (χ2v) is 8.11. The summed E-state index contributed by atoms with van der Waals surface area (Å²) in [7, 11) is 0. The number of hydrogen-bond acceptors (Lipinski definition) is 4. The molecule has 6 heteroatoms. The van der Waals surface area contributed by atoms with Crippen LogP contribution in [-0.2, 0) is 25.8 Å². The molecule has 2 aliphatic carbocycles. The van der Waals surface area contributed by atoms with Crippen LogP contribution in [0.5, 0.6) is 0 Å². The van der Waals surface area contributed by atoms with E-state index in [2.05, 4.69) is 34.1 Å². The van der Waals surface area contributed by atoms with Crippen LogP contribution in [-0.4, -0.2) is 33.5 Å². The highest BCUT2D eigenvalue weighted by molar-refractivity contribution is 7.07. The molecule has 0 spiro atoms. The normalized spacial score (nSPS) is 16.2. The first kappa shape index (κ1) is 17.5. The summed E-state index contributed by atoms with van der Waals surface area (Å²) in [6.45, 7) is 3.38. The molecule has 0 unspecified atom stereocenters. The molecule has 26 heavy (non-hydrogen) atoms. The number of aryl methyl sites for hydroxylation is 2. The molecule has 0 bridgehead atoms. The first-order valence-corrected chi connectivity index (χ1v) is 10.6. The number of nitrogens with one attached hydrogen (secondary N) is 1. The number of carbonyl (C=O) groups is 1. The lowest BCUT2D eigenvalue weighted by atomic mass is 9.95. The van der Waals surface area contributed by atoms with Gasteiger partial charge < -0.3 is 10.2 Å². The summed E-state index contributed by atoms with van der Waals surface area (Å²) in [5.74, 6) is 0.860. The fraction of sp³-hybridized carbons (Fsp3) is 0.550. The number of carbonyl (C=O) groups excluding carboxylic acids is 1. The Morgan fingerprint density at radius 3 is 2.92 bits per heavy atom. The third-order valence-corrected chi connectivity index (χ3v) is 5.97. The van der Waals surface area contributed by atoms with Crippen LogP contribution in [0, 0.1) is 6.92 Å². The zero-order valence-corrected chi connectivity index (χ0v) is 16.1. The highest BCUT2D eigenvalue weighted by Crippen LogP contribution is 2.28. The Morgan fingerprint density at radius 2 is 2.15 bits per heavy atom. The standard InChI is InChI=1S/C20H26N4OS/c1-14-17-4-2-3-5-18(17)23-19(22-14)8-10-21-20(25)24(16-6-7-16)12-15-9-11-26-13-15/h9,11,13,16H,2-8,10,12H2,1H3,(H,21,25). The molecule has 0 saturated heterocycles. The molecule has 2 heterocycles. The minimum absolute atomic E-state index is 0.0355. The van der Waals surface area contributed by atoms with Gasteiger partial charge in [0.1, 0.15) is 5.82 Å². The van der Waals surface area contributed by atoms with E-state index in [0.29, 0.717) is 25.6 Å². The van der Waals surface area contributed by atoms with E-state index < -0.39 is 0 Å². The Hall–Kier alpha value is -1.95. The summed E-state index contributed by atoms with van der Waals surface area (Å²) in [6.07, 6.45) is 7.56. The molecule has 2 amide bonds. The molecule has 2 aromatic rings. The molecular formula is C20H26N4OS. The Labute approximate surface area is 158 Å². The zero-order chi connectivity index (χ0) is 17.9. The second-order valence-electron chi connectivity index (χ2n) is 7.33. The number of nitrogens with zero attached hydrogens (tertiary/aromatic N) is 3. The van der Waals surface area contributed by atoms with Crippen molar-refractivity contribution in [2.75, 3.05) is 6.54 Å². The quantitative estimate of drug-likeness (QED) is 0.844. The summed E-state index contributed by atoms with van der Waals surface area (Å²) in [4.78, 5) is 24.0. The Bertz CT molecular complexity index is 770. The predicted octanol–water partition coefficient (Wildman–Crippen LogP) is 3.64. The zero-order valence-electron chi connectivity index (χ0n) is 15.3. The van der Waals surface area contributed by atoms with Gasteiger partial charge >= 0.3 is 6.03 Å². The van der Waals surface area contributed by atoms with Crippen LogP contribution in [0.15, 0.2) is 16.8 Å². The van der Waals surface area contributed by atoms with Gasteiger partial charge in [0.25, 0.3) is 0 Å². The van der Waals surface area contributed by atoms with Crippen LogP contribution in [0.4, 0.5) is 4.79 Å². The fourth-order valence-corrected chi connectivity index (χ4v) is 4.33. The number of rotatable bonds is 6. The van der Waals surface area contributed by atoms with Gasteiger partial charge in [-0.1, -0.05) is 0 Å². The SMILES string of the molecule is Cc1nc(CCNC(=O)N(Cc2ccsc2)C2CC2)nc2c1CCCC2. The summed E-state index contributed by atoms with van der Waals surface area (Å²) in [5.41, 5.74) is 4.90. The molecule has 138 valence electrons. The summed E-state index contributed by atoms with van der Waals surface area (Å²) in [5, 5.41) is 7.26. The average Bonchev–Trinajstić information content (AvgIpc) is 3.35. The predicted molar refractivity (Wildman–Crippen MR) is 103 cm³/mol.